The summed E-state index contributed by atoms with van der Waals surface area (Å²) in [6.07, 6.45) is -0.656. The molecule has 0 saturated heterocycles. The van der Waals surface area contributed by atoms with Crippen LogP contribution >= 0.6 is 0 Å². The van der Waals surface area contributed by atoms with Crippen LogP contribution < -0.4 is 10.1 Å². The van der Waals surface area contributed by atoms with Crippen molar-refractivity contribution < 1.29 is 27.1 Å². The molecule has 0 radical (unpaired) electrons. The van der Waals surface area contributed by atoms with E-state index in [-0.39, 0.29) is 18.2 Å². The summed E-state index contributed by atoms with van der Waals surface area (Å²) in [5.74, 6) is -4.83. The van der Waals surface area contributed by atoms with Crippen LogP contribution in [0.25, 0.3) is 16.6 Å². The Hall–Kier alpha value is -3.88. The molecule has 1 N–H and O–H groups in total. The van der Waals surface area contributed by atoms with E-state index in [2.05, 4.69) is 15.0 Å². The van der Waals surface area contributed by atoms with E-state index in [1.807, 2.05) is 66.1 Å². The molecule has 0 aliphatic rings. The maximum absolute atomic E-state index is 13.0. The Kier molecular flexibility index (Phi) is 6.54. The van der Waals surface area contributed by atoms with Crippen LogP contribution in [0.3, 0.4) is 0 Å². The van der Waals surface area contributed by atoms with E-state index in [1.54, 1.807) is 0 Å². The lowest BCUT2D eigenvalue weighted by Crippen LogP contribution is -2.33. The molecule has 9 heteroatoms. The third-order valence-corrected chi connectivity index (χ3v) is 5.30. The van der Waals surface area contributed by atoms with Crippen LogP contribution in [0.4, 0.5) is 23.2 Å². The van der Waals surface area contributed by atoms with Gasteiger partial charge in [-0.1, -0.05) is 30.3 Å². The quantitative estimate of drug-likeness (QED) is 0.332. The molecule has 4 aromatic rings. The number of fused-ring (bicyclic) bond motifs is 1. The molecule has 176 valence electrons. The van der Waals surface area contributed by atoms with Crippen molar-refractivity contribution in [1.29, 1.82) is 0 Å². The van der Waals surface area contributed by atoms with E-state index in [1.165, 1.54) is 18.3 Å². The predicted molar refractivity (Wildman–Crippen MR) is 121 cm³/mol. The van der Waals surface area contributed by atoms with Crippen LogP contribution in [0, 0.1) is 6.92 Å². The number of halogens is 4. The van der Waals surface area contributed by atoms with Gasteiger partial charge in [-0.2, -0.15) is 8.78 Å². The minimum atomic E-state index is -4.27. The van der Waals surface area contributed by atoms with Gasteiger partial charge >= 0.3 is 12.3 Å². The molecule has 3 heterocycles. The van der Waals surface area contributed by atoms with Crippen molar-refractivity contribution >= 4 is 17.1 Å². The number of carbonyl (C=O) groups excluding carboxylic acids is 1. The fourth-order valence-corrected chi connectivity index (χ4v) is 3.60. The van der Waals surface area contributed by atoms with E-state index >= 15 is 0 Å². The Morgan fingerprint density at radius 3 is 2.56 bits per heavy atom. The number of alkyl halides is 4. The summed E-state index contributed by atoms with van der Waals surface area (Å²) in [7, 11) is 0. The van der Waals surface area contributed by atoms with E-state index in [0.717, 1.165) is 27.9 Å². The number of aromatic nitrogens is 2. The summed E-state index contributed by atoms with van der Waals surface area (Å²) in [4.78, 5) is 16.6. The highest BCUT2D eigenvalue weighted by molar-refractivity contribution is 5.93. The van der Waals surface area contributed by atoms with Gasteiger partial charge in [0.1, 0.15) is 0 Å². The summed E-state index contributed by atoms with van der Waals surface area (Å²) >= 11 is 0. The maximum Gasteiger partial charge on any atom is 0.340 e. The number of carbonyl (C=O) groups is 1. The van der Waals surface area contributed by atoms with Crippen LogP contribution in [-0.4, -0.2) is 34.2 Å². The molecule has 0 aliphatic heterocycles. The van der Waals surface area contributed by atoms with Crippen LogP contribution in [0.1, 0.15) is 11.3 Å². The molecule has 3 aromatic heterocycles. The van der Waals surface area contributed by atoms with Gasteiger partial charge in [0.05, 0.1) is 18.3 Å². The van der Waals surface area contributed by atoms with Crippen molar-refractivity contribution in [2.45, 2.75) is 25.7 Å². The molecule has 1 amide bonds. The van der Waals surface area contributed by atoms with Gasteiger partial charge in [-0.05, 0) is 42.3 Å². The number of pyridine rings is 2. The zero-order valence-corrected chi connectivity index (χ0v) is 18.1. The SMILES string of the molecule is Cc1ccccc1-c1cc2ccccn2c1CC(=O)Nc1ccc(OCC(F)(F)C(F)F)nc1. The first-order chi connectivity index (χ1) is 16.2. The fourth-order valence-electron chi connectivity index (χ4n) is 3.60. The minimum Gasteiger partial charge on any atom is -0.471 e. The number of benzene rings is 1. The highest BCUT2D eigenvalue weighted by Gasteiger charge is 2.41. The lowest BCUT2D eigenvalue weighted by atomic mass is 9.99. The van der Waals surface area contributed by atoms with Crippen molar-refractivity contribution in [3.05, 3.63) is 84.3 Å². The average Bonchev–Trinajstić information content (AvgIpc) is 3.17. The third kappa shape index (κ3) is 5.03. The maximum atomic E-state index is 13.0. The molecule has 0 atom stereocenters. The average molecular weight is 471 g/mol. The van der Waals surface area contributed by atoms with Gasteiger partial charge < -0.3 is 14.5 Å². The molecule has 0 unspecified atom stereocenters. The summed E-state index contributed by atoms with van der Waals surface area (Å²) in [5, 5.41) is 2.72. The second kappa shape index (κ2) is 9.54. The molecule has 4 rings (SSSR count). The molecule has 34 heavy (non-hydrogen) atoms. The van der Waals surface area contributed by atoms with Crippen molar-refractivity contribution in [3.63, 3.8) is 0 Å². The van der Waals surface area contributed by atoms with E-state index < -0.39 is 19.0 Å². The minimum absolute atomic E-state index is 0.0701. The van der Waals surface area contributed by atoms with Gasteiger partial charge in [-0.3, -0.25) is 4.79 Å². The van der Waals surface area contributed by atoms with Crippen molar-refractivity contribution in [2.24, 2.45) is 0 Å². The highest BCUT2D eigenvalue weighted by Crippen LogP contribution is 2.31. The van der Waals surface area contributed by atoms with Gasteiger partial charge in [0.2, 0.25) is 11.8 Å². The van der Waals surface area contributed by atoms with Gasteiger partial charge in [-0.15, -0.1) is 0 Å². The number of rotatable bonds is 8. The van der Waals surface area contributed by atoms with Crippen molar-refractivity contribution in [3.8, 4) is 17.0 Å². The number of nitrogens with zero attached hydrogens (tertiary/aromatic N) is 2. The van der Waals surface area contributed by atoms with Crippen LogP contribution in [-0.2, 0) is 11.2 Å². The lowest BCUT2D eigenvalue weighted by molar-refractivity contribution is -0.148. The Balaban J connectivity index is 1.50. The Labute approximate surface area is 193 Å². The first-order valence-corrected chi connectivity index (χ1v) is 10.4. The zero-order valence-electron chi connectivity index (χ0n) is 18.1. The first kappa shape index (κ1) is 23.3. The standard InChI is InChI=1S/C25H21F4N3O2/c1-16-6-2-3-8-19(16)20-12-18-7-4-5-11-32(18)21(20)13-22(33)31-17-9-10-23(30-14-17)34-15-25(28,29)24(26)27/h2-12,14,24H,13,15H2,1H3,(H,31,33). The van der Waals surface area contributed by atoms with Crippen molar-refractivity contribution in [1.82, 2.24) is 9.38 Å². The Morgan fingerprint density at radius 2 is 1.85 bits per heavy atom. The zero-order chi connectivity index (χ0) is 24.3. The van der Waals surface area contributed by atoms with Crippen LogP contribution in [0.15, 0.2) is 73.1 Å². The second-order valence-electron chi connectivity index (χ2n) is 7.78. The smallest absolute Gasteiger partial charge is 0.340 e. The predicted octanol–water partition coefficient (Wildman–Crippen LogP) is 5.77. The molecular weight excluding hydrogens is 450 g/mol. The topological polar surface area (TPSA) is 55.6 Å². The summed E-state index contributed by atoms with van der Waals surface area (Å²) in [6, 6.07) is 18.3. The molecular formula is C25H21F4N3O2. The second-order valence-corrected chi connectivity index (χ2v) is 7.78. The molecule has 0 fully saturated rings. The van der Waals surface area contributed by atoms with E-state index in [4.69, 9.17) is 0 Å². The molecule has 0 bridgehead atoms. The molecule has 0 saturated carbocycles. The number of anilines is 1. The van der Waals surface area contributed by atoms with Gasteiger partial charge in [0, 0.05) is 29.0 Å². The Bertz CT molecular complexity index is 1300. The lowest BCUT2D eigenvalue weighted by Gasteiger charge is -2.15. The molecule has 5 nitrogen and oxygen atoms in total. The van der Waals surface area contributed by atoms with Crippen molar-refractivity contribution in [2.75, 3.05) is 11.9 Å². The number of hydrogen-bond donors (Lipinski definition) is 1. The monoisotopic (exact) mass is 471 g/mol. The van der Waals surface area contributed by atoms with E-state index in [0.29, 0.717) is 5.69 Å². The largest absolute Gasteiger partial charge is 0.471 e. The molecule has 0 aliphatic carbocycles. The number of hydrogen-bond acceptors (Lipinski definition) is 3. The van der Waals surface area contributed by atoms with Crippen LogP contribution in [0.2, 0.25) is 0 Å². The Morgan fingerprint density at radius 1 is 1.09 bits per heavy atom. The number of amides is 1. The molecule has 1 aromatic carbocycles. The number of ether oxygens (including phenoxy) is 1. The third-order valence-electron chi connectivity index (χ3n) is 5.30. The van der Waals surface area contributed by atoms with Gasteiger partial charge in [-0.25, -0.2) is 13.8 Å². The van der Waals surface area contributed by atoms with Gasteiger partial charge in [0.15, 0.2) is 6.61 Å². The van der Waals surface area contributed by atoms with Crippen LogP contribution in [0.5, 0.6) is 5.88 Å². The summed E-state index contributed by atoms with van der Waals surface area (Å²) < 4.78 is 57.1. The fraction of sp³-hybridized carbons (Fsp3) is 0.200. The summed E-state index contributed by atoms with van der Waals surface area (Å²) in [6.45, 7) is 0.514. The first-order valence-electron chi connectivity index (χ1n) is 10.4. The number of nitrogens with one attached hydrogen (secondary N) is 1. The highest BCUT2D eigenvalue weighted by atomic mass is 19.3. The van der Waals surface area contributed by atoms with E-state index in [9.17, 15) is 22.4 Å². The number of aryl methyl sites for hydroxylation is 1. The summed E-state index contributed by atoms with van der Waals surface area (Å²) in [5.41, 5.74) is 5.13. The van der Waals surface area contributed by atoms with Gasteiger partial charge in [0.25, 0.3) is 0 Å². The molecule has 0 spiro atoms. The normalized spacial score (nSPS) is 11.7.